The molecule has 0 aromatic carbocycles. The van der Waals surface area contributed by atoms with Gasteiger partial charge in [0.1, 0.15) is 0 Å². The zero-order valence-corrected chi connectivity index (χ0v) is 13.8. The molecule has 0 saturated heterocycles. The van der Waals surface area contributed by atoms with Crippen molar-refractivity contribution in [1.29, 1.82) is 0 Å². The number of hydrogen-bond donors (Lipinski definition) is 0. The van der Waals surface area contributed by atoms with Crippen LogP contribution < -0.4 is 4.90 Å². The number of hydrogen-bond acceptors (Lipinski definition) is 5. The molecule has 2 aromatic rings. The van der Waals surface area contributed by atoms with E-state index in [0.717, 1.165) is 11.4 Å². The van der Waals surface area contributed by atoms with E-state index in [0.29, 0.717) is 17.8 Å². The van der Waals surface area contributed by atoms with Gasteiger partial charge in [-0.25, -0.2) is 0 Å². The minimum atomic E-state index is 0. The normalized spacial score (nSPS) is 10.3. The van der Waals surface area contributed by atoms with Crippen LogP contribution in [0.3, 0.4) is 0 Å². The maximum atomic E-state index is 5.33. The molecule has 0 spiro atoms. The molecular weight excluding hydrogens is 305 g/mol. The Morgan fingerprint density at radius 3 is 2.50 bits per heavy atom. The van der Waals surface area contributed by atoms with Crippen LogP contribution in [0.2, 0.25) is 0 Å². The van der Waals surface area contributed by atoms with E-state index in [2.05, 4.69) is 35.1 Å². The van der Waals surface area contributed by atoms with E-state index < -0.39 is 0 Å². The van der Waals surface area contributed by atoms with Crippen LogP contribution in [0.25, 0.3) is 0 Å². The van der Waals surface area contributed by atoms with Gasteiger partial charge in [-0.1, -0.05) is 25.1 Å². The van der Waals surface area contributed by atoms with Crippen LogP contribution in [-0.2, 0) is 32.7 Å². The van der Waals surface area contributed by atoms with Crippen molar-refractivity contribution in [3.8, 4) is 0 Å². The fraction of sp³-hybridized carbons (Fsp3) is 0.417. The number of pyridine rings is 1. The van der Waals surface area contributed by atoms with Crippen molar-refractivity contribution in [2.45, 2.75) is 26.7 Å². The fourth-order valence-corrected chi connectivity index (χ4v) is 1.38. The average molecular weight is 320 g/mol. The molecule has 0 unspecified atom stereocenters. The number of rotatable bonds is 3. The van der Waals surface area contributed by atoms with E-state index in [-0.39, 0.29) is 32.7 Å². The first-order chi connectivity index (χ1) is 8.08. The summed E-state index contributed by atoms with van der Waals surface area (Å²) in [7, 11) is 1.83. The van der Waals surface area contributed by atoms with Gasteiger partial charge in [0.2, 0.25) is 5.89 Å². The molecule has 2 aromatic heterocycles. The SMILES string of the molecule is Cc1nnc(N(C)c2c[c-]c(C(C)C)cn2)o1.[Y]. The average Bonchev–Trinajstić information content (AvgIpc) is 2.75. The largest absolute Gasteiger partial charge is 0.409 e. The first-order valence-corrected chi connectivity index (χ1v) is 5.49. The number of nitrogens with zero attached hydrogens (tertiary/aromatic N) is 4. The molecule has 0 amide bonds. The standard InChI is InChI=1S/C12H15N4O.Y/c1-8(2)10-5-6-11(13-7-10)16(4)12-15-14-9(3)17-12;/h6-8H,1-4H3;/q-1;. The van der Waals surface area contributed by atoms with Crippen molar-refractivity contribution >= 4 is 11.8 Å². The second-order valence-corrected chi connectivity index (χ2v) is 4.18. The number of anilines is 2. The zero-order valence-electron chi connectivity index (χ0n) is 11.0. The van der Waals surface area contributed by atoms with E-state index in [1.165, 1.54) is 0 Å². The van der Waals surface area contributed by atoms with Crippen molar-refractivity contribution in [2.24, 2.45) is 0 Å². The fourth-order valence-electron chi connectivity index (χ4n) is 1.38. The smallest absolute Gasteiger partial charge is 0.312 e. The Hall–Kier alpha value is -0.806. The quantitative estimate of drug-likeness (QED) is 0.813. The van der Waals surface area contributed by atoms with Crippen molar-refractivity contribution in [1.82, 2.24) is 15.2 Å². The molecule has 1 radical (unpaired) electrons. The number of aryl methyl sites for hydroxylation is 1. The van der Waals surface area contributed by atoms with Crippen LogP contribution in [-0.4, -0.2) is 22.2 Å². The first kappa shape index (κ1) is 15.3. The van der Waals surface area contributed by atoms with Gasteiger partial charge in [0.05, 0.1) is 0 Å². The molecule has 0 aliphatic carbocycles. The van der Waals surface area contributed by atoms with E-state index in [9.17, 15) is 0 Å². The maximum absolute atomic E-state index is 5.33. The summed E-state index contributed by atoms with van der Waals surface area (Å²) >= 11 is 0. The third-order valence-electron chi connectivity index (χ3n) is 2.47. The summed E-state index contributed by atoms with van der Waals surface area (Å²) in [4.78, 5) is 6.09. The Balaban J connectivity index is 0.00000162. The summed E-state index contributed by atoms with van der Waals surface area (Å²) in [6.07, 6.45) is 1.82. The predicted octanol–water partition coefficient (Wildman–Crippen LogP) is 2.46. The third-order valence-corrected chi connectivity index (χ3v) is 2.47. The Morgan fingerprint density at radius 1 is 1.33 bits per heavy atom. The molecule has 0 bridgehead atoms. The summed E-state index contributed by atoms with van der Waals surface area (Å²) in [5.74, 6) is 1.69. The summed E-state index contributed by atoms with van der Waals surface area (Å²) in [6.45, 7) is 5.97. The molecule has 93 valence electrons. The van der Waals surface area contributed by atoms with Gasteiger partial charge >= 0.3 is 6.01 Å². The van der Waals surface area contributed by atoms with E-state index in [1.807, 2.05) is 19.3 Å². The second-order valence-electron chi connectivity index (χ2n) is 4.18. The Bertz CT molecular complexity index is 495. The van der Waals surface area contributed by atoms with Gasteiger partial charge in [0.15, 0.2) is 0 Å². The number of aromatic nitrogens is 3. The van der Waals surface area contributed by atoms with Crippen molar-refractivity contribution in [2.75, 3.05) is 11.9 Å². The van der Waals surface area contributed by atoms with Crippen molar-refractivity contribution in [3.63, 3.8) is 0 Å². The van der Waals surface area contributed by atoms with Gasteiger partial charge in [-0.15, -0.1) is 16.7 Å². The minimum absolute atomic E-state index is 0. The molecule has 0 fully saturated rings. The second kappa shape index (κ2) is 6.39. The van der Waals surface area contributed by atoms with Crippen LogP contribution in [0.5, 0.6) is 0 Å². The van der Waals surface area contributed by atoms with Crippen molar-refractivity contribution < 1.29 is 37.1 Å². The zero-order chi connectivity index (χ0) is 12.4. The Kier molecular flexibility index (Phi) is 5.41. The molecule has 2 rings (SSSR count). The Morgan fingerprint density at radius 2 is 2.06 bits per heavy atom. The molecule has 0 atom stereocenters. The molecule has 0 saturated carbocycles. The molecular formula is C12H15N4OY-. The topological polar surface area (TPSA) is 55.1 Å². The monoisotopic (exact) mass is 320 g/mol. The van der Waals surface area contributed by atoms with Gasteiger partial charge in [0.25, 0.3) is 0 Å². The van der Waals surface area contributed by atoms with Crippen molar-refractivity contribution in [3.05, 3.63) is 29.8 Å². The molecule has 18 heavy (non-hydrogen) atoms. The molecule has 5 nitrogen and oxygen atoms in total. The Labute approximate surface area is 132 Å². The summed E-state index contributed by atoms with van der Waals surface area (Å²) in [5.41, 5.74) is 1.09. The van der Waals surface area contributed by atoms with Gasteiger partial charge in [-0.05, 0) is 5.92 Å². The molecule has 2 heterocycles. The maximum Gasteiger partial charge on any atom is 0.312 e. The van der Waals surface area contributed by atoms with Gasteiger partial charge in [-0.3, -0.25) is 0 Å². The van der Waals surface area contributed by atoms with Crippen LogP contribution in [0.4, 0.5) is 11.8 Å². The molecule has 6 heteroatoms. The van der Waals surface area contributed by atoms with E-state index in [4.69, 9.17) is 4.42 Å². The summed E-state index contributed by atoms with van der Waals surface area (Å²) < 4.78 is 5.33. The van der Waals surface area contributed by atoms with Crippen LogP contribution >= 0.6 is 0 Å². The third kappa shape index (κ3) is 3.36. The van der Waals surface area contributed by atoms with Crippen LogP contribution in [0.1, 0.15) is 31.2 Å². The molecule has 0 aliphatic rings. The summed E-state index contributed by atoms with van der Waals surface area (Å²) in [5, 5.41) is 7.72. The van der Waals surface area contributed by atoms with Gasteiger partial charge in [0, 0.05) is 52.5 Å². The minimum Gasteiger partial charge on any atom is -0.409 e. The molecule has 0 N–H and O–H groups in total. The van der Waals surface area contributed by atoms with Gasteiger partial charge in [-0.2, -0.15) is 6.07 Å². The van der Waals surface area contributed by atoms with Crippen LogP contribution in [0, 0.1) is 13.0 Å². The summed E-state index contributed by atoms with van der Waals surface area (Å²) in [6, 6.07) is 5.46. The van der Waals surface area contributed by atoms with E-state index >= 15 is 0 Å². The molecule has 0 aliphatic heterocycles. The predicted molar refractivity (Wildman–Crippen MR) is 64.3 cm³/mol. The first-order valence-electron chi connectivity index (χ1n) is 5.49. The van der Waals surface area contributed by atoms with E-state index in [1.54, 1.807) is 11.8 Å². The van der Waals surface area contributed by atoms with Crippen LogP contribution in [0.15, 0.2) is 16.7 Å². The van der Waals surface area contributed by atoms with Gasteiger partial charge < -0.3 is 14.3 Å².